The number of halogens is 1. The molecular formula is C38H51FN6O9S. The number of carbonyl (C=O) groups is 4. The lowest BCUT2D eigenvalue weighted by atomic mass is 9.88. The summed E-state index contributed by atoms with van der Waals surface area (Å²) in [5, 5.41) is 5.58. The van der Waals surface area contributed by atoms with E-state index in [4.69, 9.17) is 14.2 Å². The van der Waals surface area contributed by atoms with Gasteiger partial charge in [0, 0.05) is 18.4 Å². The van der Waals surface area contributed by atoms with Gasteiger partial charge in [-0.15, -0.1) is 0 Å². The molecule has 0 bridgehead atoms. The van der Waals surface area contributed by atoms with E-state index in [2.05, 4.69) is 25.3 Å². The van der Waals surface area contributed by atoms with Crippen molar-refractivity contribution in [1.29, 1.82) is 0 Å². The Hall–Kier alpha value is -4.54. The molecule has 3 heterocycles. The van der Waals surface area contributed by atoms with Gasteiger partial charge in [-0.25, -0.2) is 27.6 Å². The Morgan fingerprint density at radius 3 is 2.55 bits per heavy atom. The van der Waals surface area contributed by atoms with Crippen LogP contribution in [0, 0.1) is 17.8 Å². The zero-order valence-corrected chi connectivity index (χ0v) is 32.9. The summed E-state index contributed by atoms with van der Waals surface area (Å²) < 4.78 is 57.6. The molecule has 1 aromatic carbocycles. The van der Waals surface area contributed by atoms with Crippen LogP contribution in [0.3, 0.4) is 0 Å². The van der Waals surface area contributed by atoms with Gasteiger partial charge in [-0.3, -0.25) is 19.1 Å². The number of allylic oxidation sites excluding steroid dienone is 1. The maximum atomic E-state index is 14.7. The second kappa shape index (κ2) is 15.2. The van der Waals surface area contributed by atoms with Crippen LogP contribution in [0.15, 0.2) is 36.5 Å². The molecule has 3 N–H and O–H groups in total. The van der Waals surface area contributed by atoms with Gasteiger partial charge >= 0.3 is 6.09 Å². The Morgan fingerprint density at radius 1 is 1.13 bits per heavy atom. The monoisotopic (exact) mass is 786 g/mol. The fourth-order valence-electron chi connectivity index (χ4n) is 7.51. The van der Waals surface area contributed by atoms with E-state index in [-0.39, 0.29) is 49.9 Å². The Balaban J connectivity index is 1.33. The number of sulfonamides is 1. The SMILES string of the molecule is COc1ccc2ncc(O[C@@H]3C[C@H]4C(=O)N[C@]5(C(=O)NS(=O)(=O)C6(CF)CC6)C[C@H]5/C=C\CC[C@@H](C)C[C@@H](C)[C@H](NC(=O)OC(C)(C)C)C(=O)N4C3)nc2c1. The van der Waals surface area contributed by atoms with Gasteiger partial charge in [0.25, 0.3) is 5.91 Å². The van der Waals surface area contributed by atoms with Crippen molar-refractivity contribution in [3.63, 3.8) is 0 Å². The summed E-state index contributed by atoms with van der Waals surface area (Å²) in [6.07, 6.45) is 5.72. The third-order valence-corrected chi connectivity index (χ3v) is 13.1. The lowest BCUT2D eigenvalue weighted by Crippen LogP contribution is -2.59. The summed E-state index contributed by atoms with van der Waals surface area (Å²) in [6.45, 7) is 7.82. The van der Waals surface area contributed by atoms with Crippen molar-refractivity contribution < 1.29 is 46.2 Å². The van der Waals surface area contributed by atoms with Crippen molar-refractivity contribution in [3.8, 4) is 11.6 Å². The molecule has 3 fully saturated rings. The summed E-state index contributed by atoms with van der Waals surface area (Å²) >= 11 is 0. The zero-order chi connectivity index (χ0) is 39.9. The van der Waals surface area contributed by atoms with Crippen LogP contribution in [-0.4, -0.2) is 102 Å². The van der Waals surface area contributed by atoms with E-state index in [0.717, 1.165) is 6.42 Å². The van der Waals surface area contributed by atoms with Crippen LogP contribution in [-0.2, 0) is 29.1 Å². The van der Waals surface area contributed by atoms with E-state index in [1.54, 1.807) is 45.0 Å². The lowest BCUT2D eigenvalue weighted by molar-refractivity contribution is -0.142. The molecule has 1 saturated heterocycles. The maximum Gasteiger partial charge on any atom is 0.408 e. The molecule has 2 saturated carbocycles. The average Bonchev–Trinajstić information content (AvgIpc) is 4.02. The van der Waals surface area contributed by atoms with Gasteiger partial charge < -0.3 is 29.7 Å². The quantitative estimate of drug-likeness (QED) is 0.330. The number of amides is 4. The van der Waals surface area contributed by atoms with Gasteiger partial charge in [0.05, 0.1) is 30.9 Å². The number of ether oxygens (including phenoxy) is 3. The van der Waals surface area contributed by atoms with Crippen molar-refractivity contribution in [2.24, 2.45) is 17.8 Å². The normalized spacial score (nSPS) is 30.1. The predicted molar refractivity (Wildman–Crippen MR) is 199 cm³/mol. The summed E-state index contributed by atoms with van der Waals surface area (Å²) in [4.78, 5) is 66.4. The van der Waals surface area contributed by atoms with Gasteiger partial charge in [0.2, 0.25) is 27.7 Å². The van der Waals surface area contributed by atoms with Gasteiger partial charge in [0.1, 0.15) is 46.5 Å². The largest absolute Gasteiger partial charge is 0.497 e. The molecule has 6 rings (SSSR count). The van der Waals surface area contributed by atoms with Gasteiger partial charge in [-0.1, -0.05) is 26.0 Å². The van der Waals surface area contributed by atoms with Crippen LogP contribution in [0.1, 0.15) is 79.6 Å². The Kier molecular flexibility index (Phi) is 11.1. The molecule has 15 nitrogen and oxygen atoms in total. The van der Waals surface area contributed by atoms with Gasteiger partial charge in [-0.05, 0) is 83.3 Å². The highest BCUT2D eigenvalue weighted by Gasteiger charge is 2.64. The number of alkyl carbamates (subject to hydrolysis) is 1. The molecule has 0 radical (unpaired) electrons. The molecule has 55 heavy (non-hydrogen) atoms. The van der Waals surface area contributed by atoms with Crippen LogP contribution in [0.5, 0.6) is 11.6 Å². The van der Waals surface area contributed by atoms with E-state index < -0.39 is 80.5 Å². The topological polar surface area (TPSA) is 195 Å². The summed E-state index contributed by atoms with van der Waals surface area (Å²) in [5.41, 5.74) is -1.41. The van der Waals surface area contributed by atoms with E-state index in [1.165, 1.54) is 18.2 Å². The van der Waals surface area contributed by atoms with E-state index in [1.807, 2.05) is 19.9 Å². The fraction of sp³-hybridized carbons (Fsp3) is 0.632. The first-order chi connectivity index (χ1) is 25.9. The number of rotatable bonds is 8. The third kappa shape index (κ3) is 8.65. The third-order valence-electron chi connectivity index (χ3n) is 11.0. The second-order valence-corrected chi connectivity index (χ2v) is 18.6. The number of carbonyl (C=O) groups excluding carboxylic acids is 4. The Bertz CT molecular complexity index is 1970. The minimum atomic E-state index is -4.38. The second-order valence-electron chi connectivity index (χ2n) is 16.5. The van der Waals surface area contributed by atoms with Gasteiger partial charge in [-0.2, -0.15) is 0 Å². The number of methoxy groups -OCH3 is 1. The molecule has 1 aromatic heterocycles. The maximum absolute atomic E-state index is 14.7. The Labute approximate surface area is 320 Å². The van der Waals surface area contributed by atoms with Crippen LogP contribution < -0.4 is 24.8 Å². The molecule has 2 aliphatic carbocycles. The molecule has 4 amide bonds. The van der Waals surface area contributed by atoms with Crippen molar-refractivity contribution in [2.75, 3.05) is 20.3 Å². The smallest absolute Gasteiger partial charge is 0.408 e. The number of alkyl halides is 1. The molecule has 2 aliphatic heterocycles. The molecular weight excluding hydrogens is 736 g/mol. The Morgan fingerprint density at radius 2 is 1.87 bits per heavy atom. The van der Waals surface area contributed by atoms with Crippen molar-refractivity contribution >= 4 is 44.9 Å². The molecule has 0 spiro atoms. The van der Waals surface area contributed by atoms with Crippen LogP contribution in [0.2, 0.25) is 0 Å². The first kappa shape index (κ1) is 40.1. The van der Waals surface area contributed by atoms with Crippen LogP contribution >= 0.6 is 0 Å². The number of hydrogen-bond acceptors (Lipinski definition) is 11. The molecule has 7 atom stereocenters. The molecule has 4 aliphatic rings. The van der Waals surface area contributed by atoms with Crippen molar-refractivity contribution in [3.05, 3.63) is 36.5 Å². The van der Waals surface area contributed by atoms with Crippen molar-refractivity contribution in [2.45, 2.75) is 114 Å². The van der Waals surface area contributed by atoms with E-state index >= 15 is 0 Å². The van der Waals surface area contributed by atoms with Gasteiger partial charge in [0.15, 0.2) is 0 Å². The number of aromatic nitrogens is 2. The fourth-order valence-corrected chi connectivity index (χ4v) is 8.94. The molecule has 300 valence electrons. The number of nitrogens with one attached hydrogen (secondary N) is 3. The number of hydrogen-bond donors (Lipinski definition) is 3. The summed E-state index contributed by atoms with van der Waals surface area (Å²) in [7, 11) is -2.85. The minimum Gasteiger partial charge on any atom is -0.497 e. The number of nitrogens with zero attached hydrogens (tertiary/aromatic N) is 3. The number of benzene rings is 1. The first-order valence-corrected chi connectivity index (χ1v) is 20.3. The standard InChI is InChI=1S/C38H51FN6O9S/c1-22-9-7-8-10-24-18-38(24,34(48)44-55(50,51)37(21-39)13-14-37)43-32(46)29-17-26(53-30-19-40-27-12-11-25(52-6)16-28(27)41-30)20-45(29)33(47)31(23(2)15-22)42-35(49)54-36(3,4)5/h8,10-12,16,19,22-24,26,29,31H,7,9,13-15,17-18,20-21H2,1-6H3,(H,42,49)(H,43,46)(H,44,48)/b10-8-/t22-,23-,24-,26-,29+,31+,38-/m1/s1. The highest BCUT2D eigenvalue weighted by atomic mass is 32.2. The first-order valence-electron chi connectivity index (χ1n) is 18.8. The van der Waals surface area contributed by atoms with E-state index in [0.29, 0.717) is 29.6 Å². The summed E-state index contributed by atoms with van der Waals surface area (Å²) in [5.74, 6) is -2.33. The highest BCUT2D eigenvalue weighted by Crippen LogP contribution is 2.48. The summed E-state index contributed by atoms with van der Waals surface area (Å²) in [6, 6.07) is 2.91. The van der Waals surface area contributed by atoms with Crippen LogP contribution in [0.4, 0.5) is 9.18 Å². The minimum absolute atomic E-state index is 0.0270. The predicted octanol–water partition coefficient (Wildman–Crippen LogP) is 3.72. The number of fused-ring (bicyclic) bond motifs is 3. The lowest BCUT2D eigenvalue weighted by Gasteiger charge is -2.33. The van der Waals surface area contributed by atoms with Crippen molar-refractivity contribution in [1.82, 2.24) is 30.2 Å². The average molecular weight is 787 g/mol. The zero-order valence-electron chi connectivity index (χ0n) is 32.1. The van der Waals surface area contributed by atoms with Crippen LogP contribution in [0.25, 0.3) is 11.0 Å². The molecule has 17 heteroatoms. The highest BCUT2D eigenvalue weighted by molar-refractivity contribution is 7.91. The molecule has 0 unspecified atom stereocenters. The molecule has 2 aromatic rings. The van der Waals surface area contributed by atoms with E-state index in [9.17, 15) is 32.0 Å².